The Bertz CT molecular complexity index is 798. The number of hydrogen-bond acceptors (Lipinski definition) is 5. The van der Waals surface area contributed by atoms with E-state index in [2.05, 4.69) is 0 Å². The lowest BCUT2D eigenvalue weighted by Gasteiger charge is -2.25. The molecule has 1 rings (SSSR count). The van der Waals surface area contributed by atoms with Crippen LogP contribution in [-0.4, -0.2) is 74.6 Å². The summed E-state index contributed by atoms with van der Waals surface area (Å²) in [5.74, 6) is -1.74. The van der Waals surface area contributed by atoms with E-state index >= 15 is 0 Å². The van der Waals surface area contributed by atoms with Gasteiger partial charge in [0.25, 0.3) is 5.91 Å². The molecule has 0 radical (unpaired) electrons. The molecule has 0 spiro atoms. The van der Waals surface area contributed by atoms with Crippen molar-refractivity contribution in [1.82, 2.24) is 9.21 Å². The molecule has 27 heavy (non-hydrogen) atoms. The highest BCUT2D eigenvalue weighted by molar-refractivity contribution is 7.89. The lowest BCUT2D eigenvalue weighted by molar-refractivity contribution is -0.242. The van der Waals surface area contributed by atoms with Gasteiger partial charge in [-0.05, 0) is 39.2 Å². The molecule has 0 saturated carbocycles. The summed E-state index contributed by atoms with van der Waals surface area (Å²) >= 11 is 5.91. The van der Waals surface area contributed by atoms with Gasteiger partial charge in [0.2, 0.25) is 15.6 Å². The number of hydrogen-bond donors (Lipinski definition) is 2. The quantitative estimate of drug-likeness (QED) is 0.686. The average molecular weight is 432 g/mol. The summed E-state index contributed by atoms with van der Waals surface area (Å²) in [7, 11) is 1.07. The van der Waals surface area contributed by atoms with E-state index in [1.807, 2.05) is 5.32 Å². The van der Waals surface area contributed by atoms with Crippen LogP contribution < -0.4 is 5.32 Å². The highest BCUT2D eigenvalue weighted by atomic mass is 35.5. The van der Waals surface area contributed by atoms with E-state index in [1.54, 1.807) is 19.0 Å². The molecule has 0 unspecified atom stereocenters. The van der Waals surface area contributed by atoms with Gasteiger partial charge in [0.15, 0.2) is 0 Å². The fourth-order valence-corrected chi connectivity index (χ4v) is 3.25. The van der Waals surface area contributed by atoms with Crippen LogP contribution >= 0.6 is 11.6 Å². The molecule has 1 amide bonds. The molecule has 1 aromatic carbocycles. The van der Waals surface area contributed by atoms with Crippen molar-refractivity contribution in [1.29, 1.82) is 0 Å². The Kier molecular flexibility index (Phi) is 7.28. The average Bonchev–Trinajstić information content (AvgIpc) is 2.52. The van der Waals surface area contributed by atoms with E-state index in [0.29, 0.717) is 13.5 Å². The predicted molar refractivity (Wildman–Crippen MR) is 95.1 cm³/mol. The maximum atomic E-state index is 12.7. The monoisotopic (exact) mass is 431 g/mol. The van der Waals surface area contributed by atoms with E-state index in [4.69, 9.17) is 11.6 Å². The van der Waals surface area contributed by atoms with Crippen LogP contribution in [0.1, 0.15) is 6.92 Å². The predicted octanol–water partition coefficient (Wildman–Crippen LogP) is 1.77. The summed E-state index contributed by atoms with van der Waals surface area (Å²) in [5.41, 5.74) is -3.89. The molecule has 1 aromatic rings. The number of alkyl halides is 3. The number of nitrogens with one attached hydrogen (secondary N) is 1. The largest absolute Gasteiger partial charge is 0.426 e. The van der Waals surface area contributed by atoms with E-state index in [1.165, 1.54) is 7.05 Å². The molecule has 0 fully saturated rings. The summed E-state index contributed by atoms with van der Waals surface area (Å²) in [4.78, 5) is 13.3. The number of benzene rings is 1. The zero-order valence-corrected chi connectivity index (χ0v) is 16.7. The smallest absolute Gasteiger partial charge is 0.373 e. The first-order valence-corrected chi connectivity index (χ1v) is 9.43. The minimum absolute atomic E-state index is 0.186. The molecule has 0 aliphatic rings. The van der Waals surface area contributed by atoms with Crippen LogP contribution in [0.15, 0.2) is 23.1 Å². The van der Waals surface area contributed by atoms with Gasteiger partial charge < -0.3 is 15.3 Å². The van der Waals surface area contributed by atoms with E-state index < -0.39 is 27.7 Å². The molecular formula is C15H21ClF3N3O4S. The van der Waals surface area contributed by atoms with Crippen LogP contribution in [0.4, 0.5) is 18.9 Å². The third kappa shape index (κ3) is 5.55. The molecule has 0 bridgehead atoms. The van der Waals surface area contributed by atoms with Crippen molar-refractivity contribution < 1.29 is 31.5 Å². The number of amides is 1. The van der Waals surface area contributed by atoms with Gasteiger partial charge >= 0.3 is 6.18 Å². The van der Waals surface area contributed by atoms with Crippen molar-refractivity contribution in [2.75, 3.05) is 39.5 Å². The first-order chi connectivity index (χ1) is 12.1. The maximum Gasteiger partial charge on any atom is 0.426 e. The van der Waals surface area contributed by atoms with E-state index in [9.17, 15) is 31.5 Å². The number of carbonyl (C=O) groups is 1. The molecule has 0 aromatic heterocycles. The molecule has 0 saturated heterocycles. The molecule has 0 aliphatic carbocycles. The summed E-state index contributed by atoms with van der Waals surface area (Å²) < 4.78 is 64.2. The van der Waals surface area contributed by atoms with Gasteiger partial charge in [0, 0.05) is 20.1 Å². The zero-order valence-electron chi connectivity index (χ0n) is 15.1. The summed E-state index contributed by atoms with van der Waals surface area (Å²) in [6, 6.07) is 3.17. The Hall–Kier alpha value is -1.40. The molecule has 154 valence electrons. The number of sulfonamides is 1. The Morgan fingerprint density at radius 2 is 1.78 bits per heavy atom. The second kappa shape index (κ2) is 8.31. The number of halogens is 4. The second-order valence-corrected chi connectivity index (χ2v) is 8.75. The maximum absolute atomic E-state index is 12.7. The van der Waals surface area contributed by atoms with Crippen LogP contribution in [0.3, 0.4) is 0 Å². The minimum atomic E-state index is -5.19. The van der Waals surface area contributed by atoms with Crippen LogP contribution in [-0.2, 0) is 14.8 Å². The Labute approximate surface area is 160 Å². The number of rotatable bonds is 7. The zero-order chi connectivity index (χ0) is 21.2. The van der Waals surface area contributed by atoms with Gasteiger partial charge in [-0.15, -0.1) is 0 Å². The minimum Gasteiger partial charge on any atom is -0.373 e. The summed E-state index contributed by atoms with van der Waals surface area (Å²) in [6.45, 7) is 0.985. The van der Waals surface area contributed by atoms with Gasteiger partial charge in [0.1, 0.15) is 0 Å². The standard InChI is InChI=1S/C15H21ClF3N3O4S/c1-14(24,15(17,18)19)13(23)20-12-6-5-10(9-11(12)16)27(25,26)22(4)8-7-21(2)3/h5-6,9,24H,7-8H2,1-4H3,(H,20,23)/t14-/m1/s1. The van der Waals surface area contributed by atoms with Crippen molar-refractivity contribution in [3.63, 3.8) is 0 Å². The molecule has 12 heteroatoms. The van der Waals surface area contributed by atoms with Crippen molar-refractivity contribution in [2.45, 2.75) is 23.6 Å². The number of carbonyl (C=O) groups excluding carboxylic acids is 1. The van der Waals surface area contributed by atoms with Crippen molar-refractivity contribution in [2.24, 2.45) is 0 Å². The molecular weight excluding hydrogens is 411 g/mol. The summed E-state index contributed by atoms with van der Waals surface area (Å²) in [5, 5.41) is 10.9. The fraction of sp³-hybridized carbons (Fsp3) is 0.533. The molecule has 0 aliphatic heterocycles. The number of aliphatic hydroxyl groups is 1. The van der Waals surface area contributed by atoms with Gasteiger partial charge in [-0.1, -0.05) is 11.6 Å². The van der Waals surface area contributed by atoms with Gasteiger partial charge in [-0.3, -0.25) is 4.79 Å². The first-order valence-electron chi connectivity index (χ1n) is 7.62. The van der Waals surface area contributed by atoms with Crippen LogP contribution in [0, 0.1) is 0 Å². The molecule has 0 heterocycles. The van der Waals surface area contributed by atoms with Crippen LogP contribution in [0.2, 0.25) is 5.02 Å². The third-order valence-corrected chi connectivity index (χ3v) is 5.92. The van der Waals surface area contributed by atoms with E-state index in [0.717, 1.165) is 22.5 Å². The van der Waals surface area contributed by atoms with Gasteiger partial charge in [-0.25, -0.2) is 8.42 Å². The van der Waals surface area contributed by atoms with Crippen LogP contribution in [0.5, 0.6) is 0 Å². The van der Waals surface area contributed by atoms with Gasteiger partial charge in [0.05, 0.1) is 15.6 Å². The third-order valence-electron chi connectivity index (χ3n) is 3.75. The molecule has 7 nitrogen and oxygen atoms in total. The van der Waals surface area contributed by atoms with Crippen molar-refractivity contribution in [3.05, 3.63) is 23.2 Å². The van der Waals surface area contributed by atoms with E-state index in [-0.39, 0.29) is 22.2 Å². The topological polar surface area (TPSA) is 90.0 Å². The number of likely N-dealkylation sites (N-methyl/N-ethyl adjacent to an activating group) is 2. The fourth-order valence-electron chi connectivity index (χ4n) is 1.77. The highest BCUT2D eigenvalue weighted by Gasteiger charge is 2.55. The van der Waals surface area contributed by atoms with Crippen LogP contribution in [0.25, 0.3) is 0 Å². The number of anilines is 1. The second-order valence-electron chi connectivity index (χ2n) is 6.30. The Morgan fingerprint density at radius 1 is 1.22 bits per heavy atom. The SMILES string of the molecule is CN(C)CCN(C)S(=O)(=O)c1ccc(NC(=O)[C@@](C)(O)C(F)(F)F)c(Cl)c1. The highest BCUT2D eigenvalue weighted by Crippen LogP contribution is 2.33. The lowest BCUT2D eigenvalue weighted by Crippen LogP contribution is -2.52. The van der Waals surface area contributed by atoms with Crippen molar-refractivity contribution >= 4 is 33.2 Å². The summed E-state index contributed by atoms with van der Waals surface area (Å²) in [6.07, 6.45) is -5.19. The molecule has 2 N–H and O–H groups in total. The lowest BCUT2D eigenvalue weighted by atomic mass is 10.1. The molecule has 1 atom stereocenters. The Balaban J connectivity index is 3.05. The number of nitrogens with zero attached hydrogens (tertiary/aromatic N) is 2. The van der Waals surface area contributed by atoms with Gasteiger partial charge in [-0.2, -0.15) is 17.5 Å². The first kappa shape index (κ1) is 23.6. The Morgan fingerprint density at radius 3 is 2.22 bits per heavy atom. The van der Waals surface area contributed by atoms with Crippen molar-refractivity contribution in [3.8, 4) is 0 Å². The normalized spacial score (nSPS) is 15.1.